The summed E-state index contributed by atoms with van der Waals surface area (Å²) in [6.45, 7) is 0.659. The molecular weight excluding hydrogens is 171 g/mol. The number of aryl methyl sites for hydroxylation is 1. The van der Waals surface area contributed by atoms with Crippen LogP contribution in [0.3, 0.4) is 0 Å². The Labute approximate surface area is 76.1 Å². The molecular formula is C8H13FN4. The summed E-state index contributed by atoms with van der Waals surface area (Å²) < 4.78 is 13.4. The van der Waals surface area contributed by atoms with E-state index in [0.717, 1.165) is 12.2 Å². The summed E-state index contributed by atoms with van der Waals surface area (Å²) in [5, 5.41) is 11.0. The van der Waals surface area contributed by atoms with Crippen molar-refractivity contribution in [3.8, 4) is 0 Å². The van der Waals surface area contributed by atoms with E-state index < -0.39 is 6.67 Å². The number of halogens is 1. The highest BCUT2D eigenvalue weighted by molar-refractivity contribution is 4.94. The lowest BCUT2D eigenvalue weighted by Crippen LogP contribution is -2.15. The maximum Gasteiger partial charge on any atom is 0.109 e. The van der Waals surface area contributed by atoms with E-state index in [-0.39, 0.29) is 0 Å². The highest BCUT2D eigenvalue weighted by Crippen LogP contribution is 2.18. The Bertz CT molecular complexity index is 269. The van der Waals surface area contributed by atoms with Crippen LogP contribution >= 0.6 is 0 Å². The van der Waals surface area contributed by atoms with E-state index in [9.17, 15) is 4.39 Å². The van der Waals surface area contributed by atoms with Crippen LogP contribution in [0.25, 0.3) is 0 Å². The van der Waals surface area contributed by atoms with Crippen molar-refractivity contribution in [2.24, 2.45) is 0 Å². The van der Waals surface area contributed by atoms with Crippen LogP contribution in [0.5, 0.6) is 0 Å². The van der Waals surface area contributed by atoms with Gasteiger partial charge in [0, 0.05) is 18.8 Å². The van der Waals surface area contributed by atoms with E-state index in [1.807, 2.05) is 0 Å². The van der Waals surface area contributed by atoms with Crippen molar-refractivity contribution in [3.05, 3.63) is 11.9 Å². The minimum atomic E-state index is -0.390. The lowest BCUT2D eigenvalue weighted by atomic mass is 10.4. The fourth-order valence-corrected chi connectivity index (χ4v) is 1.15. The van der Waals surface area contributed by atoms with Crippen LogP contribution in [0.4, 0.5) is 4.39 Å². The number of hydrogen-bond acceptors (Lipinski definition) is 3. The molecule has 1 aliphatic rings. The van der Waals surface area contributed by atoms with Crippen LogP contribution < -0.4 is 5.32 Å². The first-order valence-corrected chi connectivity index (χ1v) is 4.57. The van der Waals surface area contributed by atoms with Crippen molar-refractivity contribution < 1.29 is 4.39 Å². The number of nitrogens with zero attached hydrogens (tertiary/aromatic N) is 3. The molecule has 13 heavy (non-hydrogen) atoms. The molecule has 0 aromatic carbocycles. The minimum absolute atomic E-state index is 0.302. The first-order chi connectivity index (χ1) is 6.38. The van der Waals surface area contributed by atoms with Gasteiger partial charge in [-0.25, -0.2) is 9.07 Å². The normalized spacial score (nSPS) is 16.4. The molecule has 0 amide bonds. The molecule has 0 spiro atoms. The Hall–Kier alpha value is -0.970. The number of aromatic nitrogens is 3. The molecule has 0 aliphatic heterocycles. The van der Waals surface area contributed by atoms with Crippen molar-refractivity contribution in [1.29, 1.82) is 0 Å². The van der Waals surface area contributed by atoms with Crippen molar-refractivity contribution in [2.75, 3.05) is 6.67 Å². The van der Waals surface area contributed by atoms with Gasteiger partial charge in [0.2, 0.25) is 0 Å². The average molecular weight is 184 g/mol. The molecule has 0 atom stereocenters. The summed E-state index contributed by atoms with van der Waals surface area (Å²) in [4.78, 5) is 0. The van der Waals surface area contributed by atoms with Gasteiger partial charge in [0.25, 0.3) is 0 Å². The SMILES string of the molecule is FCCn1cc(CNC2CC2)nn1. The predicted molar refractivity (Wildman–Crippen MR) is 45.9 cm³/mol. The Morgan fingerprint density at radius 3 is 3.15 bits per heavy atom. The summed E-state index contributed by atoms with van der Waals surface area (Å²) >= 11 is 0. The van der Waals surface area contributed by atoms with Crippen molar-refractivity contribution in [3.63, 3.8) is 0 Å². The Morgan fingerprint density at radius 1 is 1.62 bits per heavy atom. The molecule has 4 nitrogen and oxygen atoms in total. The van der Waals surface area contributed by atoms with Crippen LogP contribution in [0.1, 0.15) is 18.5 Å². The zero-order chi connectivity index (χ0) is 9.10. The van der Waals surface area contributed by atoms with Gasteiger partial charge in [-0.2, -0.15) is 0 Å². The lowest BCUT2D eigenvalue weighted by molar-refractivity contribution is 0.422. The Balaban J connectivity index is 1.81. The smallest absolute Gasteiger partial charge is 0.109 e. The standard InChI is InChI=1S/C8H13FN4/c9-3-4-13-6-8(11-12-13)5-10-7-1-2-7/h6-7,10H,1-5H2. The molecule has 0 radical (unpaired) electrons. The predicted octanol–water partition coefficient (Wildman–Crippen LogP) is 0.500. The van der Waals surface area contributed by atoms with Gasteiger partial charge in [-0.15, -0.1) is 5.10 Å². The zero-order valence-electron chi connectivity index (χ0n) is 7.41. The number of hydrogen-bond donors (Lipinski definition) is 1. The highest BCUT2D eigenvalue weighted by atomic mass is 19.1. The Morgan fingerprint density at radius 2 is 2.46 bits per heavy atom. The van der Waals surface area contributed by atoms with Gasteiger partial charge in [0.05, 0.1) is 12.2 Å². The van der Waals surface area contributed by atoms with E-state index in [1.54, 1.807) is 6.20 Å². The molecule has 72 valence electrons. The number of alkyl halides is 1. The topological polar surface area (TPSA) is 42.7 Å². The van der Waals surface area contributed by atoms with E-state index in [4.69, 9.17) is 0 Å². The lowest BCUT2D eigenvalue weighted by Gasteiger charge is -1.96. The van der Waals surface area contributed by atoms with Gasteiger partial charge in [-0.1, -0.05) is 5.21 Å². The third-order valence-electron chi connectivity index (χ3n) is 2.05. The summed E-state index contributed by atoms with van der Waals surface area (Å²) in [5.41, 5.74) is 0.889. The van der Waals surface area contributed by atoms with E-state index in [1.165, 1.54) is 17.5 Å². The first kappa shape index (κ1) is 8.62. The molecule has 1 fully saturated rings. The van der Waals surface area contributed by atoms with Crippen LogP contribution in [-0.2, 0) is 13.1 Å². The number of nitrogens with one attached hydrogen (secondary N) is 1. The van der Waals surface area contributed by atoms with Gasteiger partial charge in [0.1, 0.15) is 6.67 Å². The second-order valence-corrected chi connectivity index (χ2v) is 3.32. The molecule has 2 rings (SSSR count). The maximum absolute atomic E-state index is 11.9. The molecule has 5 heteroatoms. The molecule has 1 saturated carbocycles. The van der Waals surface area contributed by atoms with Crippen LogP contribution in [0.2, 0.25) is 0 Å². The van der Waals surface area contributed by atoms with Gasteiger partial charge in [-0.3, -0.25) is 0 Å². The highest BCUT2D eigenvalue weighted by Gasteiger charge is 2.20. The molecule has 1 N–H and O–H groups in total. The summed E-state index contributed by atoms with van der Waals surface area (Å²) in [6.07, 6.45) is 4.31. The molecule has 1 aromatic heterocycles. The second kappa shape index (κ2) is 3.83. The van der Waals surface area contributed by atoms with Gasteiger partial charge >= 0.3 is 0 Å². The molecule has 1 aliphatic carbocycles. The van der Waals surface area contributed by atoms with Crippen molar-refractivity contribution in [1.82, 2.24) is 20.3 Å². The molecule has 1 heterocycles. The minimum Gasteiger partial charge on any atom is -0.308 e. The van der Waals surface area contributed by atoms with Crippen molar-refractivity contribution >= 4 is 0 Å². The third-order valence-corrected chi connectivity index (χ3v) is 2.05. The van der Waals surface area contributed by atoms with Crippen LogP contribution in [0.15, 0.2) is 6.20 Å². The molecule has 0 bridgehead atoms. The van der Waals surface area contributed by atoms with E-state index in [2.05, 4.69) is 15.6 Å². The van der Waals surface area contributed by atoms with E-state index >= 15 is 0 Å². The number of rotatable bonds is 5. The molecule has 1 aromatic rings. The first-order valence-electron chi connectivity index (χ1n) is 4.57. The molecule has 0 unspecified atom stereocenters. The quantitative estimate of drug-likeness (QED) is 0.724. The summed E-state index contributed by atoms with van der Waals surface area (Å²) in [7, 11) is 0. The Kier molecular flexibility index (Phi) is 2.54. The summed E-state index contributed by atoms with van der Waals surface area (Å²) in [6, 6.07) is 0.673. The monoisotopic (exact) mass is 184 g/mol. The fraction of sp³-hybridized carbons (Fsp3) is 0.750. The fourth-order valence-electron chi connectivity index (χ4n) is 1.15. The van der Waals surface area contributed by atoms with E-state index in [0.29, 0.717) is 12.6 Å². The molecule has 0 saturated heterocycles. The van der Waals surface area contributed by atoms with Crippen molar-refractivity contribution in [2.45, 2.75) is 32.0 Å². The van der Waals surface area contributed by atoms with Crippen LogP contribution in [0, 0.1) is 0 Å². The van der Waals surface area contributed by atoms with Gasteiger partial charge in [-0.05, 0) is 12.8 Å². The summed E-state index contributed by atoms with van der Waals surface area (Å²) in [5.74, 6) is 0. The largest absolute Gasteiger partial charge is 0.308 e. The second-order valence-electron chi connectivity index (χ2n) is 3.32. The average Bonchev–Trinajstić information content (AvgIpc) is 2.85. The van der Waals surface area contributed by atoms with Gasteiger partial charge < -0.3 is 5.32 Å². The maximum atomic E-state index is 11.9. The third kappa shape index (κ3) is 2.48. The van der Waals surface area contributed by atoms with Crippen LogP contribution in [-0.4, -0.2) is 27.7 Å². The van der Waals surface area contributed by atoms with Gasteiger partial charge in [0.15, 0.2) is 0 Å². The zero-order valence-corrected chi connectivity index (χ0v) is 7.41.